The van der Waals surface area contributed by atoms with E-state index in [2.05, 4.69) is 41.5 Å². The van der Waals surface area contributed by atoms with E-state index in [0.717, 1.165) is 101 Å². The zero-order chi connectivity index (χ0) is 31.6. The summed E-state index contributed by atoms with van der Waals surface area (Å²) in [6.45, 7) is 13.8. The standard InChI is InChI=1S/2C12H20O4.C8H17O.Sb/c2*1-10(2)6-4-3-5-9-16-12(15)8-7-11(13)14;1-8(2)6-4-3-5-7-9;/h2*7-8,10H,3-6,9H2,1-2H3,(H,13,14);8H,3-7H2,1-2H3;/q;;-1;+3/p-2/b2*8-7-;;. The molecule has 0 aromatic carbocycles. The van der Waals surface area contributed by atoms with Gasteiger partial charge in [-0.05, 0) is 0 Å². The van der Waals surface area contributed by atoms with Gasteiger partial charge in [-0.2, -0.15) is 0 Å². The first-order chi connectivity index (χ1) is 20.0. The molecule has 0 saturated heterocycles. The fourth-order valence-corrected chi connectivity index (χ4v) is 6.01. The number of ether oxygens (including phenoxy) is 2. The molecule has 0 amide bonds. The van der Waals surface area contributed by atoms with Gasteiger partial charge in [0.1, 0.15) is 0 Å². The maximum absolute atomic E-state index is 12.3. The first-order valence-electron chi connectivity index (χ1n) is 15.6. The van der Waals surface area contributed by atoms with Crippen molar-refractivity contribution in [2.45, 2.75) is 119 Å². The zero-order valence-corrected chi connectivity index (χ0v) is 29.3. The average Bonchev–Trinajstić information content (AvgIpc) is 2.91. The zero-order valence-electron chi connectivity index (χ0n) is 26.8. The van der Waals surface area contributed by atoms with Crippen molar-refractivity contribution in [2.75, 3.05) is 19.8 Å². The molecule has 0 fully saturated rings. The Kier molecular flexibility index (Phi) is 25.6. The van der Waals surface area contributed by atoms with Gasteiger partial charge in [0.25, 0.3) is 0 Å². The van der Waals surface area contributed by atoms with Gasteiger partial charge < -0.3 is 0 Å². The quantitative estimate of drug-likeness (QED) is 0.0432. The molecular weight excluding hydrogens is 650 g/mol. The van der Waals surface area contributed by atoms with Crippen LogP contribution in [0.2, 0.25) is 0 Å². The van der Waals surface area contributed by atoms with E-state index in [1.54, 1.807) is 0 Å². The minimum Gasteiger partial charge on any atom is -0.0628 e. The summed E-state index contributed by atoms with van der Waals surface area (Å²) in [6, 6.07) is 0. The molecule has 0 spiro atoms. The van der Waals surface area contributed by atoms with E-state index in [1.807, 2.05) is 0 Å². The van der Waals surface area contributed by atoms with Gasteiger partial charge in [-0.25, -0.2) is 0 Å². The molecule has 0 aliphatic carbocycles. The smallest absolute Gasteiger partial charge is 0.0628 e. The molecule has 0 N–H and O–H groups in total. The summed E-state index contributed by atoms with van der Waals surface area (Å²) >= 11 is -3.75. The van der Waals surface area contributed by atoms with Crippen molar-refractivity contribution < 1.29 is 37.7 Å². The van der Waals surface area contributed by atoms with Crippen molar-refractivity contribution in [3.63, 3.8) is 0 Å². The van der Waals surface area contributed by atoms with Crippen LogP contribution in [0.25, 0.3) is 0 Å². The number of hydrogen-bond acceptors (Lipinski definition) is 9. The topological polar surface area (TPSA) is 114 Å². The van der Waals surface area contributed by atoms with Crippen LogP contribution in [0.3, 0.4) is 0 Å². The molecule has 0 aliphatic heterocycles. The number of carbonyl (C=O) groups is 4. The Bertz CT molecular complexity index is 750. The van der Waals surface area contributed by atoms with Gasteiger partial charge in [-0.1, -0.05) is 27.7 Å². The van der Waals surface area contributed by atoms with Crippen LogP contribution in [0.4, 0.5) is 0 Å². The average molecular weight is 706 g/mol. The molecule has 0 saturated carbocycles. The van der Waals surface area contributed by atoms with Crippen molar-refractivity contribution in [1.29, 1.82) is 0 Å². The van der Waals surface area contributed by atoms with Crippen LogP contribution in [0.5, 0.6) is 0 Å². The van der Waals surface area contributed by atoms with Crippen molar-refractivity contribution >= 4 is 45.3 Å². The Morgan fingerprint density at radius 3 is 1.17 bits per heavy atom. The normalized spacial score (nSPS) is 11.8. The predicted molar refractivity (Wildman–Crippen MR) is 164 cm³/mol. The second-order valence-electron chi connectivity index (χ2n) is 11.6. The molecular formula is C32H55O9Sb. The van der Waals surface area contributed by atoms with Gasteiger partial charge >= 0.3 is 236 Å². The molecule has 0 atom stereocenters. The molecule has 0 aromatic rings. The molecule has 9 nitrogen and oxygen atoms in total. The molecule has 0 unspecified atom stereocenters. The van der Waals surface area contributed by atoms with Gasteiger partial charge in [0.2, 0.25) is 0 Å². The van der Waals surface area contributed by atoms with Crippen LogP contribution in [-0.4, -0.2) is 65.2 Å². The van der Waals surface area contributed by atoms with Crippen molar-refractivity contribution in [3.05, 3.63) is 24.3 Å². The first-order valence-corrected chi connectivity index (χ1v) is 18.7. The Morgan fingerprint density at radius 2 is 0.810 bits per heavy atom. The SMILES string of the molecule is CC(C)CCCCCOC(=O)/C=C\C(=O)[O][Sb]([O]CCCCCC(C)C)[O]C(=O)/C=C\C(=O)OCCCCCC(C)C. The summed E-state index contributed by atoms with van der Waals surface area (Å²) in [5.41, 5.74) is 0. The first kappa shape index (κ1) is 40.1. The van der Waals surface area contributed by atoms with Crippen molar-refractivity contribution in [2.24, 2.45) is 17.8 Å². The van der Waals surface area contributed by atoms with Crippen molar-refractivity contribution in [1.82, 2.24) is 0 Å². The third-order valence-electron chi connectivity index (χ3n) is 6.00. The van der Waals surface area contributed by atoms with E-state index in [1.165, 1.54) is 0 Å². The fourth-order valence-electron chi connectivity index (χ4n) is 3.63. The summed E-state index contributed by atoms with van der Waals surface area (Å²) in [7, 11) is 0. The summed E-state index contributed by atoms with van der Waals surface area (Å²) < 4.78 is 26.4. The van der Waals surface area contributed by atoms with Gasteiger partial charge in [0.15, 0.2) is 0 Å². The van der Waals surface area contributed by atoms with E-state index in [0.29, 0.717) is 17.8 Å². The third-order valence-corrected chi connectivity index (χ3v) is 9.00. The van der Waals surface area contributed by atoms with Crippen LogP contribution in [0.1, 0.15) is 119 Å². The molecule has 10 heteroatoms. The van der Waals surface area contributed by atoms with Crippen molar-refractivity contribution in [3.8, 4) is 0 Å². The maximum atomic E-state index is 12.3. The molecule has 42 heavy (non-hydrogen) atoms. The van der Waals surface area contributed by atoms with Crippen LogP contribution in [0, 0.1) is 17.8 Å². The Morgan fingerprint density at radius 1 is 0.476 bits per heavy atom. The van der Waals surface area contributed by atoms with Gasteiger partial charge in [-0.3, -0.25) is 0 Å². The number of hydrogen-bond donors (Lipinski definition) is 0. The fraction of sp³-hybridized carbons (Fsp3) is 0.750. The van der Waals surface area contributed by atoms with E-state index in [9.17, 15) is 19.2 Å². The van der Waals surface area contributed by atoms with Gasteiger partial charge in [-0.15, -0.1) is 0 Å². The molecule has 0 aliphatic rings. The van der Waals surface area contributed by atoms with Crippen LogP contribution in [0.15, 0.2) is 24.3 Å². The molecule has 0 rings (SSSR count). The number of rotatable bonds is 25. The van der Waals surface area contributed by atoms with E-state index >= 15 is 0 Å². The van der Waals surface area contributed by atoms with Crippen LogP contribution in [-0.2, 0) is 37.7 Å². The van der Waals surface area contributed by atoms with Gasteiger partial charge in [0, 0.05) is 0 Å². The van der Waals surface area contributed by atoms with E-state index in [4.69, 9.17) is 18.5 Å². The Labute approximate surface area is 262 Å². The Hall–Kier alpha value is -1.86. The summed E-state index contributed by atoms with van der Waals surface area (Å²) in [4.78, 5) is 48.4. The van der Waals surface area contributed by atoms with E-state index in [-0.39, 0.29) is 19.8 Å². The van der Waals surface area contributed by atoms with Gasteiger partial charge in [0.05, 0.1) is 0 Å². The number of unbranched alkanes of at least 4 members (excludes halogenated alkanes) is 6. The minimum absolute atomic E-state index is 0.270. The predicted octanol–water partition coefficient (Wildman–Crippen LogP) is 6.92. The number of esters is 2. The van der Waals surface area contributed by atoms with Crippen LogP contribution < -0.4 is 0 Å². The summed E-state index contributed by atoms with van der Waals surface area (Å²) in [5.74, 6) is -1.11. The monoisotopic (exact) mass is 704 g/mol. The molecule has 0 aromatic heterocycles. The molecule has 0 radical (unpaired) electrons. The Balaban J connectivity index is 4.67. The van der Waals surface area contributed by atoms with E-state index < -0.39 is 45.3 Å². The molecule has 0 bridgehead atoms. The summed E-state index contributed by atoms with van der Waals surface area (Å²) in [6.07, 6.45) is 15.5. The second-order valence-corrected chi connectivity index (χ2v) is 14.7. The minimum atomic E-state index is -3.75. The molecule has 242 valence electrons. The third kappa shape index (κ3) is 28.3. The van der Waals surface area contributed by atoms with Crippen LogP contribution >= 0.6 is 0 Å². The molecule has 0 heterocycles. The summed E-state index contributed by atoms with van der Waals surface area (Å²) in [5, 5.41) is 0. The second kappa shape index (κ2) is 26.7. The number of carbonyl (C=O) groups excluding carboxylic acids is 4.